The van der Waals surface area contributed by atoms with Gasteiger partial charge < -0.3 is 9.47 Å². The molecule has 0 unspecified atom stereocenters. The summed E-state index contributed by atoms with van der Waals surface area (Å²) < 4.78 is 37.9. The molecule has 5 nitrogen and oxygen atoms in total. The Kier molecular flexibility index (Phi) is 5.18. The van der Waals surface area contributed by atoms with E-state index in [0.29, 0.717) is 13.2 Å². The lowest BCUT2D eigenvalue weighted by atomic mass is 10.1. The van der Waals surface area contributed by atoms with Crippen LogP contribution in [-0.2, 0) is 14.8 Å². The quantitative estimate of drug-likeness (QED) is 0.873. The van der Waals surface area contributed by atoms with Gasteiger partial charge in [0.05, 0.1) is 18.1 Å². The van der Waals surface area contributed by atoms with Crippen LogP contribution in [0.2, 0.25) is 0 Å². The zero-order valence-corrected chi connectivity index (χ0v) is 14.4. The van der Waals surface area contributed by atoms with Gasteiger partial charge >= 0.3 is 0 Å². The van der Waals surface area contributed by atoms with Gasteiger partial charge in [-0.1, -0.05) is 24.3 Å². The van der Waals surface area contributed by atoms with Crippen LogP contribution in [0.25, 0.3) is 11.1 Å². The highest BCUT2D eigenvalue weighted by molar-refractivity contribution is 7.89. The molecule has 1 aliphatic heterocycles. The Morgan fingerprint density at radius 1 is 1.08 bits per heavy atom. The highest BCUT2D eigenvalue weighted by Gasteiger charge is 2.20. The van der Waals surface area contributed by atoms with Gasteiger partial charge in [0.1, 0.15) is 5.75 Å². The Morgan fingerprint density at radius 3 is 2.25 bits per heavy atom. The molecule has 0 bridgehead atoms. The van der Waals surface area contributed by atoms with Crippen LogP contribution in [0.4, 0.5) is 0 Å². The predicted octanol–water partition coefficient (Wildman–Crippen LogP) is 2.82. The third-order valence-corrected chi connectivity index (χ3v) is 5.55. The molecule has 1 N–H and O–H groups in total. The van der Waals surface area contributed by atoms with E-state index >= 15 is 0 Å². The van der Waals surface area contributed by atoms with Crippen molar-refractivity contribution >= 4 is 10.0 Å². The molecule has 24 heavy (non-hydrogen) atoms. The van der Waals surface area contributed by atoms with E-state index in [9.17, 15) is 8.42 Å². The maximum atomic E-state index is 12.3. The van der Waals surface area contributed by atoms with Crippen molar-refractivity contribution in [2.24, 2.45) is 0 Å². The van der Waals surface area contributed by atoms with Gasteiger partial charge in [-0.3, -0.25) is 0 Å². The van der Waals surface area contributed by atoms with Gasteiger partial charge in [0.25, 0.3) is 0 Å². The predicted molar refractivity (Wildman–Crippen MR) is 92.6 cm³/mol. The summed E-state index contributed by atoms with van der Waals surface area (Å²) in [7, 11) is -1.88. The van der Waals surface area contributed by atoms with Gasteiger partial charge in [-0.15, -0.1) is 0 Å². The summed E-state index contributed by atoms with van der Waals surface area (Å²) in [5, 5.41) is 0. The summed E-state index contributed by atoms with van der Waals surface area (Å²) in [6.07, 6.45) is 1.88. The first kappa shape index (κ1) is 17.0. The second-order valence-corrected chi connectivity index (χ2v) is 7.51. The van der Waals surface area contributed by atoms with Crippen LogP contribution >= 0.6 is 0 Å². The summed E-state index contributed by atoms with van der Waals surface area (Å²) in [6, 6.07) is 14.5. The fourth-order valence-corrected chi connectivity index (χ4v) is 3.77. The van der Waals surface area contributed by atoms with E-state index in [-0.39, 0.29) is 11.0 Å². The van der Waals surface area contributed by atoms with Crippen LogP contribution in [0.5, 0.6) is 5.75 Å². The average Bonchev–Trinajstić information content (AvgIpc) is 3.14. The summed E-state index contributed by atoms with van der Waals surface area (Å²) in [5.74, 6) is 0.788. The van der Waals surface area contributed by atoms with Crippen LogP contribution in [0, 0.1) is 0 Å². The highest BCUT2D eigenvalue weighted by atomic mass is 32.2. The molecule has 2 aromatic rings. The fourth-order valence-electron chi connectivity index (χ4n) is 2.70. The third-order valence-electron chi connectivity index (χ3n) is 4.11. The first-order chi connectivity index (χ1) is 11.6. The maximum Gasteiger partial charge on any atom is 0.240 e. The standard InChI is InChI=1S/C18H21NO4S/c1-22-16-8-4-14(5-9-16)15-6-10-18(11-7-15)24(20,21)19-13-17-3-2-12-23-17/h4-11,17,19H,2-3,12-13H2,1H3/t17-/m1/s1. The molecule has 1 fully saturated rings. The smallest absolute Gasteiger partial charge is 0.240 e. The van der Waals surface area contributed by atoms with E-state index in [4.69, 9.17) is 9.47 Å². The van der Waals surface area contributed by atoms with Crippen LogP contribution < -0.4 is 9.46 Å². The zero-order valence-electron chi connectivity index (χ0n) is 13.6. The van der Waals surface area contributed by atoms with E-state index in [2.05, 4.69) is 4.72 Å². The molecule has 6 heteroatoms. The van der Waals surface area contributed by atoms with E-state index in [1.54, 1.807) is 19.2 Å². The second-order valence-electron chi connectivity index (χ2n) is 5.74. The van der Waals surface area contributed by atoms with Gasteiger partial charge in [0.15, 0.2) is 0 Å². The first-order valence-corrected chi connectivity index (χ1v) is 9.42. The lowest BCUT2D eigenvalue weighted by Crippen LogP contribution is -2.31. The molecular formula is C18H21NO4S. The molecule has 0 spiro atoms. The molecule has 0 aliphatic carbocycles. The Balaban J connectivity index is 1.70. The molecule has 0 saturated carbocycles. The van der Waals surface area contributed by atoms with Crippen LogP contribution in [0.3, 0.4) is 0 Å². The van der Waals surface area contributed by atoms with Gasteiger partial charge in [-0.05, 0) is 48.2 Å². The average molecular weight is 347 g/mol. The molecule has 2 aromatic carbocycles. The Bertz CT molecular complexity index is 764. The highest BCUT2D eigenvalue weighted by Crippen LogP contribution is 2.23. The van der Waals surface area contributed by atoms with Crippen molar-refractivity contribution in [3.63, 3.8) is 0 Å². The van der Waals surface area contributed by atoms with Gasteiger partial charge in [-0.25, -0.2) is 13.1 Å². The first-order valence-electron chi connectivity index (χ1n) is 7.94. The molecule has 1 heterocycles. The van der Waals surface area contributed by atoms with Crippen LogP contribution in [0.15, 0.2) is 53.4 Å². The second kappa shape index (κ2) is 7.34. The Labute approximate surface area is 142 Å². The topological polar surface area (TPSA) is 64.6 Å². The monoisotopic (exact) mass is 347 g/mol. The Hall–Kier alpha value is -1.89. The zero-order chi connectivity index (χ0) is 17.0. The normalized spacial score (nSPS) is 17.8. The number of nitrogens with one attached hydrogen (secondary N) is 1. The summed E-state index contributed by atoms with van der Waals surface area (Å²) in [5.41, 5.74) is 1.96. The summed E-state index contributed by atoms with van der Waals surface area (Å²) >= 11 is 0. The van der Waals surface area contributed by atoms with Crippen molar-refractivity contribution in [3.8, 4) is 16.9 Å². The minimum absolute atomic E-state index is 0.0154. The largest absolute Gasteiger partial charge is 0.497 e. The molecular weight excluding hydrogens is 326 g/mol. The summed E-state index contributed by atoms with van der Waals surface area (Å²) in [6.45, 7) is 1.03. The van der Waals surface area contributed by atoms with E-state index < -0.39 is 10.0 Å². The van der Waals surface area contributed by atoms with E-state index in [1.807, 2.05) is 36.4 Å². The molecule has 0 amide bonds. The lowest BCUT2D eigenvalue weighted by molar-refractivity contribution is 0.114. The lowest BCUT2D eigenvalue weighted by Gasteiger charge is -2.12. The van der Waals surface area contributed by atoms with Crippen molar-refractivity contribution in [1.29, 1.82) is 0 Å². The van der Waals surface area contributed by atoms with Gasteiger partial charge in [-0.2, -0.15) is 0 Å². The molecule has 0 radical (unpaired) electrons. The molecule has 1 aliphatic rings. The fraction of sp³-hybridized carbons (Fsp3) is 0.333. The van der Waals surface area contributed by atoms with Crippen molar-refractivity contribution in [1.82, 2.24) is 4.72 Å². The number of benzene rings is 2. The summed E-state index contributed by atoms with van der Waals surface area (Å²) in [4.78, 5) is 0.262. The van der Waals surface area contributed by atoms with Crippen molar-refractivity contribution in [3.05, 3.63) is 48.5 Å². The maximum absolute atomic E-state index is 12.3. The number of hydrogen-bond acceptors (Lipinski definition) is 4. The Morgan fingerprint density at radius 2 is 1.71 bits per heavy atom. The number of sulfonamides is 1. The number of hydrogen-bond donors (Lipinski definition) is 1. The molecule has 3 rings (SSSR count). The third kappa shape index (κ3) is 3.95. The van der Waals surface area contributed by atoms with Crippen molar-refractivity contribution in [2.75, 3.05) is 20.3 Å². The number of methoxy groups -OCH3 is 1. The SMILES string of the molecule is COc1ccc(-c2ccc(S(=O)(=O)NC[C@H]3CCCO3)cc2)cc1. The van der Waals surface area contributed by atoms with E-state index in [0.717, 1.165) is 29.7 Å². The van der Waals surface area contributed by atoms with Crippen molar-refractivity contribution < 1.29 is 17.9 Å². The van der Waals surface area contributed by atoms with Crippen LogP contribution in [-0.4, -0.2) is 34.8 Å². The molecule has 1 atom stereocenters. The van der Waals surface area contributed by atoms with Crippen LogP contribution in [0.1, 0.15) is 12.8 Å². The van der Waals surface area contributed by atoms with Crippen molar-refractivity contribution in [2.45, 2.75) is 23.8 Å². The number of rotatable bonds is 6. The van der Waals surface area contributed by atoms with Gasteiger partial charge in [0.2, 0.25) is 10.0 Å². The van der Waals surface area contributed by atoms with Gasteiger partial charge in [0, 0.05) is 13.2 Å². The minimum atomic E-state index is -3.51. The molecule has 128 valence electrons. The molecule has 0 aromatic heterocycles. The number of ether oxygens (including phenoxy) is 2. The minimum Gasteiger partial charge on any atom is -0.497 e. The van der Waals surface area contributed by atoms with E-state index in [1.165, 1.54) is 0 Å². The molecule has 1 saturated heterocycles.